The van der Waals surface area contributed by atoms with Crippen LogP contribution < -0.4 is 15.0 Å². The summed E-state index contributed by atoms with van der Waals surface area (Å²) in [5.41, 5.74) is 1.59. The average molecular weight is 382 g/mol. The Morgan fingerprint density at radius 2 is 1.93 bits per heavy atom. The predicted octanol–water partition coefficient (Wildman–Crippen LogP) is 3.49. The van der Waals surface area contributed by atoms with E-state index in [0.717, 1.165) is 24.8 Å². The third-order valence-corrected chi connectivity index (χ3v) is 5.21. The number of benzene rings is 2. The third kappa shape index (κ3) is 3.87. The molecule has 1 fully saturated rings. The van der Waals surface area contributed by atoms with Gasteiger partial charge in [0.1, 0.15) is 0 Å². The van der Waals surface area contributed by atoms with Crippen LogP contribution >= 0.6 is 0 Å². The van der Waals surface area contributed by atoms with Crippen LogP contribution in [0.1, 0.15) is 31.2 Å². The van der Waals surface area contributed by atoms with Gasteiger partial charge in [-0.1, -0.05) is 49.2 Å². The van der Waals surface area contributed by atoms with E-state index in [1.807, 2.05) is 35.2 Å². The average Bonchev–Trinajstić information content (AvgIpc) is 2.71. The van der Waals surface area contributed by atoms with Gasteiger partial charge in [0.05, 0.1) is 24.0 Å². The van der Waals surface area contributed by atoms with E-state index < -0.39 is 17.8 Å². The van der Waals surface area contributed by atoms with Crippen LogP contribution in [0.2, 0.25) is 0 Å². The van der Waals surface area contributed by atoms with Crippen molar-refractivity contribution in [3.8, 4) is 5.75 Å². The highest BCUT2D eigenvalue weighted by atomic mass is 19.1. The number of fused-ring (bicyclic) bond motifs is 1. The van der Waals surface area contributed by atoms with Crippen LogP contribution in [0.25, 0.3) is 0 Å². The molecule has 0 bridgehead atoms. The van der Waals surface area contributed by atoms with Gasteiger partial charge in [-0.25, -0.2) is 4.39 Å². The van der Waals surface area contributed by atoms with Crippen molar-refractivity contribution >= 4 is 11.6 Å². The number of aliphatic hydroxyl groups is 1. The Labute approximate surface area is 163 Å². The first-order chi connectivity index (χ1) is 13.6. The van der Waals surface area contributed by atoms with Crippen molar-refractivity contribution < 1.29 is 19.0 Å². The topological polar surface area (TPSA) is 61.8 Å². The number of aliphatic hydroxyl groups excluding tert-OH is 1. The van der Waals surface area contributed by atoms with Crippen molar-refractivity contribution in [2.24, 2.45) is 0 Å². The summed E-state index contributed by atoms with van der Waals surface area (Å²) < 4.78 is 20.0. The number of nitrogens with one attached hydrogen (secondary N) is 1. The molecular formula is C22H23FN2O3. The van der Waals surface area contributed by atoms with E-state index >= 15 is 0 Å². The number of para-hydroxylation sites is 1. The molecule has 6 heteroatoms. The fourth-order valence-electron chi connectivity index (χ4n) is 3.71. The second kappa shape index (κ2) is 8.02. The Morgan fingerprint density at radius 1 is 1.14 bits per heavy atom. The number of rotatable bonds is 4. The lowest BCUT2D eigenvalue weighted by molar-refractivity contribution is -0.121. The number of carbonyl (C=O) groups excluding carboxylic acids is 1. The van der Waals surface area contributed by atoms with E-state index in [1.54, 1.807) is 18.3 Å². The van der Waals surface area contributed by atoms with E-state index in [-0.39, 0.29) is 17.6 Å². The SMILES string of the molecule is O=C(N[C@H]1CCCC[C@@H]1O)C1=CN(Cc2ccccc2)c2cccc(F)c2O1. The van der Waals surface area contributed by atoms with E-state index in [1.165, 1.54) is 6.07 Å². The number of hydrogen-bond acceptors (Lipinski definition) is 4. The largest absolute Gasteiger partial charge is 0.445 e. The summed E-state index contributed by atoms with van der Waals surface area (Å²) in [5.74, 6) is -0.911. The van der Waals surface area contributed by atoms with Crippen molar-refractivity contribution in [1.82, 2.24) is 5.32 Å². The summed E-state index contributed by atoms with van der Waals surface area (Å²) in [4.78, 5) is 14.6. The number of ether oxygens (including phenoxy) is 1. The second-order valence-corrected chi connectivity index (χ2v) is 7.23. The smallest absolute Gasteiger partial charge is 0.288 e. The van der Waals surface area contributed by atoms with Crippen molar-refractivity contribution in [3.63, 3.8) is 0 Å². The van der Waals surface area contributed by atoms with Crippen LogP contribution in [0.3, 0.4) is 0 Å². The molecule has 2 N–H and O–H groups in total. The molecule has 2 aromatic carbocycles. The number of anilines is 1. The number of carbonyl (C=O) groups is 1. The highest BCUT2D eigenvalue weighted by Gasteiger charge is 2.30. The Hall–Kier alpha value is -2.86. The Morgan fingerprint density at radius 3 is 2.71 bits per heavy atom. The number of hydrogen-bond donors (Lipinski definition) is 2. The first kappa shape index (κ1) is 18.5. The second-order valence-electron chi connectivity index (χ2n) is 7.23. The molecule has 1 amide bonds. The molecule has 2 aliphatic rings. The molecule has 146 valence electrons. The Balaban J connectivity index is 1.60. The molecule has 5 nitrogen and oxygen atoms in total. The van der Waals surface area contributed by atoms with Crippen LogP contribution in [0, 0.1) is 5.82 Å². The Bertz CT molecular complexity index is 885. The Kier molecular flexibility index (Phi) is 5.30. The lowest BCUT2D eigenvalue weighted by atomic mass is 9.92. The first-order valence-electron chi connectivity index (χ1n) is 9.59. The van der Waals surface area contributed by atoms with Gasteiger partial charge in [0.2, 0.25) is 5.76 Å². The van der Waals surface area contributed by atoms with Gasteiger partial charge in [-0.2, -0.15) is 0 Å². The standard InChI is InChI=1S/C22H23FN2O3/c23-16-9-6-11-18-21(16)28-20(14-25(18)13-15-7-2-1-3-8-15)22(27)24-17-10-4-5-12-19(17)26/h1-3,6-9,11,14,17,19,26H,4-5,10,12-13H2,(H,24,27)/t17-,19-/m0/s1. The highest BCUT2D eigenvalue weighted by Crippen LogP contribution is 2.37. The molecule has 2 atom stereocenters. The van der Waals surface area contributed by atoms with Crippen LogP contribution in [0.4, 0.5) is 10.1 Å². The van der Waals surface area contributed by atoms with Gasteiger partial charge in [-0.05, 0) is 30.5 Å². The summed E-state index contributed by atoms with van der Waals surface area (Å²) in [6, 6.07) is 14.1. The zero-order valence-corrected chi connectivity index (χ0v) is 15.5. The lowest BCUT2D eigenvalue weighted by Gasteiger charge is -2.31. The third-order valence-electron chi connectivity index (χ3n) is 5.21. The van der Waals surface area contributed by atoms with Crippen LogP contribution in [-0.2, 0) is 11.3 Å². The van der Waals surface area contributed by atoms with Gasteiger partial charge < -0.3 is 20.1 Å². The summed E-state index contributed by atoms with van der Waals surface area (Å²) in [6.07, 6.45) is 4.34. The monoisotopic (exact) mass is 382 g/mol. The molecule has 0 unspecified atom stereocenters. The molecule has 28 heavy (non-hydrogen) atoms. The summed E-state index contributed by atoms with van der Waals surface area (Å²) >= 11 is 0. The maximum atomic E-state index is 14.4. The van der Waals surface area contributed by atoms with Gasteiger partial charge in [-0.15, -0.1) is 0 Å². The molecule has 1 aliphatic carbocycles. The van der Waals surface area contributed by atoms with E-state index in [2.05, 4.69) is 5.32 Å². The molecule has 1 saturated carbocycles. The van der Waals surface area contributed by atoms with E-state index in [4.69, 9.17) is 4.74 Å². The van der Waals surface area contributed by atoms with Crippen LogP contribution in [0.15, 0.2) is 60.5 Å². The zero-order valence-electron chi connectivity index (χ0n) is 15.5. The lowest BCUT2D eigenvalue weighted by Crippen LogP contribution is -2.46. The molecule has 0 radical (unpaired) electrons. The minimum atomic E-state index is -0.564. The minimum Gasteiger partial charge on any atom is -0.445 e. The number of halogens is 1. The summed E-state index contributed by atoms with van der Waals surface area (Å²) in [7, 11) is 0. The van der Waals surface area contributed by atoms with Crippen LogP contribution in [-0.4, -0.2) is 23.2 Å². The van der Waals surface area contributed by atoms with Gasteiger partial charge in [-0.3, -0.25) is 4.79 Å². The normalized spacial score (nSPS) is 21.4. The quantitative estimate of drug-likeness (QED) is 0.850. The fraction of sp³-hybridized carbons (Fsp3) is 0.318. The van der Waals surface area contributed by atoms with Gasteiger partial charge in [0.25, 0.3) is 5.91 Å². The van der Waals surface area contributed by atoms with Crippen molar-refractivity contribution in [1.29, 1.82) is 0 Å². The van der Waals surface area contributed by atoms with Crippen molar-refractivity contribution in [2.75, 3.05) is 4.90 Å². The molecule has 0 aromatic heterocycles. The summed E-state index contributed by atoms with van der Waals surface area (Å²) in [6.45, 7) is 0.476. The molecule has 1 aliphatic heterocycles. The molecular weight excluding hydrogens is 359 g/mol. The van der Waals surface area contributed by atoms with Gasteiger partial charge in [0, 0.05) is 6.54 Å². The molecule has 0 saturated heterocycles. The number of amides is 1. The maximum Gasteiger partial charge on any atom is 0.288 e. The fourth-order valence-corrected chi connectivity index (χ4v) is 3.71. The highest BCUT2D eigenvalue weighted by molar-refractivity contribution is 5.93. The zero-order chi connectivity index (χ0) is 19.5. The summed E-state index contributed by atoms with van der Waals surface area (Å²) in [5, 5.41) is 13.0. The van der Waals surface area contributed by atoms with Crippen LogP contribution in [0.5, 0.6) is 5.75 Å². The van der Waals surface area contributed by atoms with Crippen molar-refractivity contribution in [2.45, 2.75) is 44.4 Å². The van der Waals surface area contributed by atoms with E-state index in [0.29, 0.717) is 18.7 Å². The van der Waals surface area contributed by atoms with Gasteiger partial charge >= 0.3 is 0 Å². The number of nitrogens with zero attached hydrogens (tertiary/aromatic N) is 1. The predicted molar refractivity (Wildman–Crippen MR) is 104 cm³/mol. The minimum absolute atomic E-state index is 0.0197. The molecule has 0 spiro atoms. The molecule has 4 rings (SSSR count). The first-order valence-corrected chi connectivity index (χ1v) is 9.59. The van der Waals surface area contributed by atoms with Crippen molar-refractivity contribution in [3.05, 3.63) is 71.9 Å². The maximum absolute atomic E-state index is 14.4. The van der Waals surface area contributed by atoms with Gasteiger partial charge in [0.15, 0.2) is 11.6 Å². The van der Waals surface area contributed by atoms with E-state index in [9.17, 15) is 14.3 Å². The molecule has 2 aromatic rings. The molecule has 1 heterocycles.